The summed E-state index contributed by atoms with van der Waals surface area (Å²) in [5.74, 6) is 2.92. The van der Waals surface area contributed by atoms with Gasteiger partial charge in [0.25, 0.3) is 0 Å². The normalized spacial score (nSPS) is 13.5. The molecule has 1 fully saturated rings. The van der Waals surface area contributed by atoms with E-state index in [1.54, 1.807) is 19.4 Å². The van der Waals surface area contributed by atoms with Gasteiger partial charge < -0.3 is 19.5 Å². The number of rotatable bonds is 11. The van der Waals surface area contributed by atoms with Gasteiger partial charge in [0.15, 0.2) is 11.5 Å². The second kappa shape index (κ2) is 10.7. The standard InChI is InChI=1S/C24H30N2O4/c1-17(2)15-29-21-9-6-18(12-22(21)28-3)7-10-23(27)25-13-20-8-11-24(26-14-20)30-16-19-4-5-19/h6-12,14,17,19H,4-5,13,15-16H2,1-3H3,(H,25,27)/b10-7+. The van der Waals surface area contributed by atoms with E-state index in [1.807, 2.05) is 30.3 Å². The van der Waals surface area contributed by atoms with Gasteiger partial charge in [0, 0.05) is 24.9 Å². The summed E-state index contributed by atoms with van der Waals surface area (Å²) in [4.78, 5) is 16.4. The van der Waals surface area contributed by atoms with E-state index in [2.05, 4.69) is 24.1 Å². The fraction of sp³-hybridized carbons (Fsp3) is 0.417. The van der Waals surface area contributed by atoms with Crippen molar-refractivity contribution in [2.75, 3.05) is 20.3 Å². The van der Waals surface area contributed by atoms with E-state index in [4.69, 9.17) is 14.2 Å². The molecule has 6 nitrogen and oxygen atoms in total. The molecule has 6 heteroatoms. The summed E-state index contributed by atoms with van der Waals surface area (Å²) in [5, 5.41) is 2.86. The number of carbonyl (C=O) groups is 1. The Bertz CT molecular complexity index is 858. The van der Waals surface area contributed by atoms with Crippen molar-refractivity contribution >= 4 is 12.0 Å². The summed E-state index contributed by atoms with van der Waals surface area (Å²) in [7, 11) is 1.61. The van der Waals surface area contributed by atoms with Crippen LogP contribution >= 0.6 is 0 Å². The van der Waals surface area contributed by atoms with Crippen molar-refractivity contribution in [3.05, 3.63) is 53.7 Å². The summed E-state index contributed by atoms with van der Waals surface area (Å²) >= 11 is 0. The third kappa shape index (κ3) is 7.10. The third-order valence-electron chi connectivity index (χ3n) is 4.62. The molecule has 1 aromatic carbocycles. The molecule has 1 heterocycles. The van der Waals surface area contributed by atoms with Crippen molar-refractivity contribution in [1.29, 1.82) is 0 Å². The molecule has 1 N–H and O–H groups in total. The molecule has 160 valence electrons. The molecule has 1 aliphatic carbocycles. The number of nitrogens with zero attached hydrogens (tertiary/aromatic N) is 1. The van der Waals surface area contributed by atoms with Gasteiger partial charge in [-0.05, 0) is 54.0 Å². The lowest BCUT2D eigenvalue weighted by Crippen LogP contribution is -2.20. The first-order valence-corrected chi connectivity index (χ1v) is 10.4. The maximum absolute atomic E-state index is 12.1. The number of nitrogens with one attached hydrogen (secondary N) is 1. The van der Waals surface area contributed by atoms with Crippen LogP contribution in [0.5, 0.6) is 17.4 Å². The van der Waals surface area contributed by atoms with Gasteiger partial charge in [-0.15, -0.1) is 0 Å². The van der Waals surface area contributed by atoms with Crippen LogP contribution in [0.4, 0.5) is 0 Å². The van der Waals surface area contributed by atoms with Crippen LogP contribution in [-0.4, -0.2) is 31.2 Å². The lowest BCUT2D eigenvalue weighted by atomic mass is 10.2. The van der Waals surface area contributed by atoms with Crippen molar-refractivity contribution in [2.24, 2.45) is 11.8 Å². The molecule has 0 spiro atoms. The van der Waals surface area contributed by atoms with Crippen LogP contribution in [0.25, 0.3) is 6.08 Å². The average molecular weight is 411 g/mol. The van der Waals surface area contributed by atoms with Crippen LogP contribution < -0.4 is 19.5 Å². The zero-order valence-corrected chi connectivity index (χ0v) is 17.9. The molecule has 0 unspecified atom stereocenters. The second-order valence-corrected chi connectivity index (χ2v) is 7.93. The Morgan fingerprint density at radius 1 is 1.20 bits per heavy atom. The van der Waals surface area contributed by atoms with Crippen molar-refractivity contribution in [1.82, 2.24) is 10.3 Å². The van der Waals surface area contributed by atoms with Crippen molar-refractivity contribution in [3.8, 4) is 17.4 Å². The maximum Gasteiger partial charge on any atom is 0.244 e. The second-order valence-electron chi connectivity index (χ2n) is 7.93. The van der Waals surface area contributed by atoms with Gasteiger partial charge in [0.2, 0.25) is 11.8 Å². The van der Waals surface area contributed by atoms with E-state index < -0.39 is 0 Å². The monoisotopic (exact) mass is 410 g/mol. The van der Waals surface area contributed by atoms with Gasteiger partial charge in [-0.1, -0.05) is 26.0 Å². The summed E-state index contributed by atoms with van der Waals surface area (Å²) in [6.07, 6.45) is 7.48. The van der Waals surface area contributed by atoms with Gasteiger partial charge in [-0.2, -0.15) is 0 Å². The molecule has 1 saturated carbocycles. The van der Waals surface area contributed by atoms with E-state index in [-0.39, 0.29) is 5.91 Å². The Morgan fingerprint density at radius 2 is 2.03 bits per heavy atom. The quantitative estimate of drug-likeness (QED) is 0.561. The van der Waals surface area contributed by atoms with Gasteiger partial charge >= 0.3 is 0 Å². The highest BCUT2D eigenvalue weighted by atomic mass is 16.5. The number of pyridine rings is 1. The average Bonchev–Trinajstić information content (AvgIpc) is 3.58. The predicted octanol–water partition coefficient (Wildman–Crippen LogP) is 4.24. The Labute approximate surface area is 178 Å². The largest absolute Gasteiger partial charge is 0.493 e. The van der Waals surface area contributed by atoms with E-state index in [9.17, 15) is 4.79 Å². The van der Waals surface area contributed by atoms with Crippen LogP contribution in [0.3, 0.4) is 0 Å². The zero-order chi connectivity index (χ0) is 21.3. The van der Waals surface area contributed by atoms with Gasteiger partial charge in [-0.3, -0.25) is 4.79 Å². The molecule has 3 rings (SSSR count). The number of ether oxygens (including phenoxy) is 3. The first-order valence-electron chi connectivity index (χ1n) is 10.4. The van der Waals surface area contributed by atoms with Crippen LogP contribution in [0.15, 0.2) is 42.6 Å². The van der Waals surface area contributed by atoms with Crippen LogP contribution in [0.1, 0.15) is 37.8 Å². The molecular weight excluding hydrogens is 380 g/mol. The number of hydrogen-bond donors (Lipinski definition) is 1. The first-order chi connectivity index (χ1) is 14.5. The molecule has 0 bridgehead atoms. The summed E-state index contributed by atoms with van der Waals surface area (Å²) < 4.78 is 16.8. The molecule has 0 atom stereocenters. The molecule has 30 heavy (non-hydrogen) atoms. The molecule has 0 saturated heterocycles. The van der Waals surface area contributed by atoms with Gasteiger partial charge in [-0.25, -0.2) is 4.98 Å². The number of hydrogen-bond acceptors (Lipinski definition) is 5. The Kier molecular flexibility index (Phi) is 7.71. The number of methoxy groups -OCH3 is 1. The van der Waals surface area contributed by atoms with Crippen LogP contribution in [0.2, 0.25) is 0 Å². The van der Waals surface area contributed by atoms with Gasteiger partial charge in [0.05, 0.1) is 20.3 Å². The topological polar surface area (TPSA) is 69.7 Å². The van der Waals surface area contributed by atoms with Crippen molar-refractivity contribution in [3.63, 3.8) is 0 Å². The molecular formula is C24H30N2O4. The molecule has 1 aliphatic rings. The molecule has 0 radical (unpaired) electrons. The molecule has 0 aliphatic heterocycles. The van der Waals surface area contributed by atoms with E-state index >= 15 is 0 Å². The highest BCUT2D eigenvalue weighted by molar-refractivity contribution is 5.91. The zero-order valence-electron chi connectivity index (χ0n) is 17.9. The Hall–Kier alpha value is -3.02. The number of benzene rings is 1. The smallest absolute Gasteiger partial charge is 0.244 e. The van der Waals surface area contributed by atoms with Gasteiger partial charge in [0.1, 0.15) is 0 Å². The van der Waals surface area contributed by atoms with E-state index in [0.29, 0.717) is 42.4 Å². The predicted molar refractivity (Wildman–Crippen MR) is 117 cm³/mol. The summed E-state index contributed by atoms with van der Waals surface area (Å²) in [5.41, 5.74) is 1.78. The lowest BCUT2D eigenvalue weighted by Gasteiger charge is -2.12. The van der Waals surface area contributed by atoms with E-state index in [1.165, 1.54) is 18.9 Å². The third-order valence-corrected chi connectivity index (χ3v) is 4.62. The lowest BCUT2D eigenvalue weighted by molar-refractivity contribution is -0.116. The Balaban J connectivity index is 1.47. The number of carbonyl (C=O) groups excluding carboxylic acids is 1. The molecule has 1 amide bonds. The van der Waals surface area contributed by atoms with Crippen molar-refractivity contribution in [2.45, 2.75) is 33.2 Å². The summed E-state index contributed by atoms with van der Waals surface area (Å²) in [6.45, 7) is 5.95. The molecule has 2 aromatic rings. The van der Waals surface area contributed by atoms with Crippen molar-refractivity contribution < 1.29 is 19.0 Å². The number of aromatic nitrogens is 1. The summed E-state index contributed by atoms with van der Waals surface area (Å²) in [6, 6.07) is 9.36. The minimum absolute atomic E-state index is 0.178. The van der Waals surface area contributed by atoms with Crippen LogP contribution in [0, 0.1) is 11.8 Å². The first kappa shape index (κ1) is 21.7. The minimum atomic E-state index is -0.178. The van der Waals surface area contributed by atoms with Crippen LogP contribution in [-0.2, 0) is 11.3 Å². The fourth-order valence-electron chi connectivity index (χ4n) is 2.67. The highest BCUT2D eigenvalue weighted by Gasteiger charge is 2.22. The SMILES string of the molecule is COc1cc(/C=C/C(=O)NCc2ccc(OCC3CC3)nc2)ccc1OCC(C)C. The highest BCUT2D eigenvalue weighted by Crippen LogP contribution is 2.29. The number of amides is 1. The maximum atomic E-state index is 12.1. The van der Waals surface area contributed by atoms with E-state index in [0.717, 1.165) is 17.7 Å². The minimum Gasteiger partial charge on any atom is -0.493 e. The molecule has 1 aromatic heterocycles. The Morgan fingerprint density at radius 3 is 2.70 bits per heavy atom. The fourth-order valence-corrected chi connectivity index (χ4v) is 2.67.